The van der Waals surface area contributed by atoms with Crippen molar-refractivity contribution in [3.05, 3.63) is 60.4 Å². The Labute approximate surface area is 192 Å². The van der Waals surface area contributed by atoms with Crippen molar-refractivity contribution in [3.8, 4) is 0 Å². The van der Waals surface area contributed by atoms with Gasteiger partial charge in [0.15, 0.2) is 5.78 Å². The van der Waals surface area contributed by atoms with Crippen molar-refractivity contribution in [2.45, 2.75) is 25.2 Å². The van der Waals surface area contributed by atoms with Gasteiger partial charge in [-0.3, -0.25) is 9.59 Å². The lowest BCUT2D eigenvalue weighted by atomic mass is 9.75. The second-order valence-electron chi connectivity index (χ2n) is 8.33. The number of alkyl halides is 1. The minimum Gasteiger partial charge on any atom is -0.398 e. The lowest BCUT2D eigenvalue weighted by molar-refractivity contribution is -0.118. The molecule has 0 saturated heterocycles. The first-order valence-electron chi connectivity index (χ1n) is 10.6. The van der Waals surface area contributed by atoms with Crippen molar-refractivity contribution in [3.63, 3.8) is 0 Å². The fourth-order valence-electron chi connectivity index (χ4n) is 4.55. The van der Waals surface area contributed by atoms with Gasteiger partial charge in [-0.25, -0.2) is 0 Å². The van der Waals surface area contributed by atoms with Crippen LogP contribution in [0.3, 0.4) is 0 Å². The van der Waals surface area contributed by atoms with Gasteiger partial charge in [0.05, 0.1) is 16.8 Å². The summed E-state index contributed by atoms with van der Waals surface area (Å²) < 4.78 is 1.80. The molecule has 2 heterocycles. The molecule has 0 aliphatic carbocycles. The van der Waals surface area contributed by atoms with Gasteiger partial charge in [-0.2, -0.15) is 0 Å². The number of carbonyl (C=O) groups is 2. The standard InChI is InChI=1S/C25H27ClN4O2/c1-4-7-22(31)29-16-10-21(30(3)12-16)15(2)24(32)25(13-26)14-28-20-11-19(27)17-8-5-6-9-18(17)23(20)25/h5-6,8-12,28H,2,4,7,13-14,27H2,1,3H3,(H,29,31). The summed E-state index contributed by atoms with van der Waals surface area (Å²) in [7, 11) is 1.83. The maximum Gasteiger partial charge on any atom is 0.224 e. The lowest BCUT2D eigenvalue weighted by Crippen LogP contribution is -2.40. The SMILES string of the molecule is C=C(C(=O)C1(CCl)CNc2cc(N)c3ccccc3c21)c1cc(NC(=O)CCC)cn1C. The quantitative estimate of drug-likeness (QED) is 0.277. The number of nitrogens with zero attached hydrogens (tertiary/aromatic N) is 1. The average molecular weight is 451 g/mol. The number of hydrogen-bond acceptors (Lipinski definition) is 4. The van der Waals surface area contributed by atoms with Gasteiger partial charge in [-0.1, -0.05) is 37.8 Å². The molecule has 1 atom stereocenters. The van der Waals surface area contributed by atoms with Crippen LogP contribution in [-0.4, -0.2) is 28.7 Å². The van der Waals surface area contributed by atoms with Crippen LogP contribution in [0.5, 0.6) is 0 Å². The zero-order chi connectivity index (χ0) is 23.0. The highest BCUT2D eigenvalue weighted by molar-refractivity contribution is 6.31. The molecule has 6 nitrogen and oxygen atoms in total. The van der Waals surface area contributed by atoms with Crippen LogP contribution >= 0.6 is 11.6 Å². The first-order valence-corrected chi connectivity index (χ1v) is 11.2. The van der Waals surface area contributed by atoms with Gasteiger partial charge in [-0.15, -0.1) is 11.6 Å². The van der Waals surface area contributed by atoms with Crippen LogP contribution in [-0.2, 0) is 22.1 Å². The molecule has 32 heavy (non-hydrogen) atoms. The summed E-state index contributed by atoms with van der Waals surface area (Å²) in [6.07, 6.45) is 2.99. The van der Waals surface area contributed by atoms with Gasteiger partial charge in [0.2, 0.25) is 5.91 Å². The maximum absolute atomic E-state index is 13.9. The van der Waals surface area contributed by atoms with Crippen LogP contribution in [0, 0.1) is 0 Å². The fraction of sp³-hybridized carbons (Fsp3) is 0.280. The van der Waals surface area contributed by atoms with Gasteiger partial charge < -0.3 is 20.9 Å². The molecule has 3 aromatic rings. The minimum absolute atomic E-state index is 0.0585. The number of nitrogen functional groups attached to an aromatic ring is 1. The number of Topliss-reactive ketones (excluding diaryl/α,β-unsaturated/α-hetero) is 1. The number of aromatic nitrogens is 1. The van der Waals surface area contributed by atoms with Gasteiger partial charge in [0, 0.05) is 60.0 Å². The zero-order valence-corrected chi connectivity index (χ0v) is 19.1. The number of carbonyl (C=O) groups excluding carboxylic acids is 2. The summed E-state index contributed by atoms with van der Waals surface area (Å²) in [5, 5.41) is 8.01. The van der Waals surface area contributed by atoms with Crippen LogP contribution < -0.4 is 16.4 Å². The number of allylic oxidation sites excluding steroid dienone is 1. The van der Waals surface area contributed by atoms with Crippen molar-refractivity contribution in [2.75, 3.05) is 28.8 Å². The molecule has 1 aliphatic heterocycles. The Kier molecular flexibility index (Phi) is 5.73. The van der Waals surface area contributed by atoms with E-state index in [1.54, 1.807) is 16.8 Å². The lowest BCUT2D eigenvalue weighted by Gasteiger charge is -2.27. The van der Waals surface area contributed by atoms with E-state index in [4.69, 9.17) is 17.3 Å². The summed E-state index contributed by atoms with van der Waals surface area (Å²) in [5.41, 5.74) is 9.23. The van der Waals surface area contributed by atoms with Crippen LogP contribution in [0.15, 0.2) is 49.2 Å². The highest BCUT2D eigenvalue weighted by Crippen LogP contribution is 2.46. The van der Waals surface area contributed by atoms with E-state index < -0.39 is 5.41 Å². The number of halogens is 1. The second-order valence-corrected chi connectivity index (χ2v) is 8.60. The average Bonchev–Trinajstić information content (AvgIpc) is 3.33. The number of nitrogens with two attached hydrogens (primary N) is 1. The monoisotopic (exact) mass is 450 g/mol. The molecule has 4 N–H and O–H groups in total. The molecular formula is C25H27ClN4O2. The molecule has 7 heteroatoms. The number of ketones is 1. The molecule has 4 rings (SSSR count). The largest absolute Gasteiger partial charge is 0.398 e. The molecule has 1 amide bonds. The molecule has 1 unspecified atom stereocenters. The van der Waals surface area contributed by atoms with E-state index in [1.807, 2.05) is 44.3 Å². The molecule has 166 valence electrons. The molecule has 1 aliphatic rings. The number of hydrogen-bond donors (Lipinski definition) is 3. The Morgan fingerprint density at radius 2 is 2.00 bits per heavy atom. The third-order valence-corrected chi connectivity index (χ3v) is 6.60. The van der Waals surface area contributed by atoms with E-state index in [-0.39, 0.29) is 17.6 Å². The Hall–Kier alpha value is -3.25. The highest BCUT2D eigenvalue weighted by atomic mass is 35.5. The predicted molar refractivity (Wildman–Crippen MR) is 132 cm³/mol. The minimum atomic E-state index is -0.975. The van der Waals surface area contributed by atoms with Crippen LogP contribution in [0.1, 0.15) is 31.0 Å². The molecule has 0 bridgehead atoms. The first kappa shape index (κ1) is 22.0. The second kappa shape index (κ2) is 8.36. The summed E-state index contributed by atoms with van der Waals surface area (Å²) in [5.74, 6) is -0.110. The summed E-state index contributed by atoms with van der Waals surface area (Å²) in [6, 6.07) is 11.4. The van der Waals surface area contributed by atoms with Crippen molar-refractivity contribution < 1.29 is 9.59 Å². The topological polar surface area (TPSA) is 89.2 Å². The van der Waals surface area contributed by atoms with Crippen LogP contribution in [0.4, 0.5) is 17.1 Å². The Bertz CT molecular complexity index is 1250. The Morgan fingerprint density at radius 1 is 1.28 bits per heavy atom. The van der Waals surface area contributed by atoms with Gasteiger partial charge >= 0.3 is 0 Å². The number of fused-ring (bicyclic) bond motifs is 3. The molecule has 0 fully saturated rings. The molecule has 1 aromatic heterocycles. The predicted octanol–water partition coefficient (Wildman–Crippen LogP) is 4.68. The number of rotatable bonds is 7. The van der Waals surface area contributed by atoms with E-state index in [2.05, 4.69) is 17.2 Å². The number of anilines is 3. The van der Waals surface area contributed by atoms with Crippen molar-refractivity contribution in [2.24, 2.45) is 7.05 Å². The zero-order valence-electron chi connectivity index (χ0n) is 18.3. The number of nitrogens with one attached hydrogen (secondary N) is 2. The summed E-state index contributed by atoms with van der Waals surface area (Å²) in [4.78, 5) is 25.9. The smallest absolute Gasteiger partial charge is 0.224 e. The Balaban J connectivity index is 1.75. The fourth-order valence-corrected chi connectivity index (χ4v) is 4.90. The van der Waals surface area contributed by atoms with Gasteiger partial charge in [0.25, 0.3) is 0 Å². The van der Waals surface area contributed by atoms with E-state index in [0.717, 1.165) is 28.4 Å². The van der Waals surface area contributed by atoms with E-state index in [1.165, 1.54) is 0 Å². The summed E-state index contributed by atoms with van der Waals surface area (Å²) >= 11 is 6.51. The van der Waals surface area contributed by atoms with E-state index >= 15 is 0 Å². The molecule has 2 aromatic carbocycles. The molecule has 0 spiro atoms. The highest BCUT2D eigenvalue weighted by Gasteiger charge is 2.47. The van der Waals surface area contributed by atoms with Crippen molar-refractivity contribution >= 4 is 56.7 Å². The number of aryl methyl sites for hydroxylation is 1. The third kappa shape index (κ3) is 3.45. The summed E-state index contributed by atoms with van der Waals surface area (Å²) in [6.45, 7) is 6.44. The van der Waals surface area contributed by atoms with Crippen LogP contribution in [0.25, 0.3) is 16.3 Å². The van der Waals surface area contributed by atoms with E-state index in [9.17, 15) is 9.59 Å². The van der Waals surface area contributed by atoms with E-state index in [0.29, 0.717) is 35.6 Å². The number of amides is 1. The maximum atomic E-state index is 13.9. The van der Waals surface area contributed by atoms with Crippen LogP contribution in [0.2, 0.25) is 0 Å². The van der Waals surface area contributed by atoms with Crippen molar-refractivity contribution in [1.82, 2.24) is 4.57 Å². The normalized spacial score (nSPS) is 17.1. The molecular weight excluding hydrogens is 424 g/mol. The molecule has 0 saturated carbocycles. The van der Waals surface area contributed by atoms with Gasteiger partial charge in [-0.05, 0) is 23.9 Å². The van der Waals surface area contributed by atoms with Gasteiger partial charge in [0.1, 0.15) is 0 Å². The van der Waals surface area contributed by atoms with Crippen molar-refractivity contribution in [1.29, 1.82) is 0 Å². The number of benzene rings is 2. The first-order chi connectivity index (χ1) is 15.3. The molecule has 0 radical (unpaired) electrons. The Morgan fingerprint density at radius 3 is 2.69 bits per heavy atom. The third-order valence-electron chi connectivity index (χ3n) is 6.15.